The number of nitrogens with zero attached hydrogens (tertiary/aromatic N) is 1. The summed E-state index contributed by atoms with van der Waals surface area (Å²) in [5.74, 6) is -1.31. The number of aromatic nitrogens is 1. The van der Waals surface area contributed by atoms with E-state index >= 15 is 0 Å². The second-order valence-corrected chi connectivity index (χ2v) is 6.46. The molecule has 0 saturated carbocycles. The molecular formula is C16H15F3N2O3S. The van der Waals surface area contributed by atoms with Crippen LogP contribution in [0.3, 0.4) is 0 Å². The molecule has 0 aliphatic carbocycles. The highest BCUT2D eigenvalue weighted by atomic mass is 32.1. The number of alkyl halides is 3. The summed E-state index contributed by atoms with van der Waals surface area (Å²) in [6.07, 6.45) is -5.56. The highest BCUT2D eigenvalue weighted by molar-refractivity contribution is 7.13. The van der Waals surface area contributed by atoms with E-state index in [4.69, 9.17) is 4.74 Å². The molecule has 9 heteroatoms. The summed E-state index contributed by atoms with van der Waals surface area (Å²) in [5, 5.41) is 3.10. The molecule has 0 radical (unpaired) electrons. The Kier molecular flexibility index (Phi) is 5.46. The van der Waals surface area contributed by atoms with Crippen LogP contribution in [-0.2, 0) is 15.7 Å². The Balaban J connectivity index is 1.98. The Morgan fingerprint density at radius 3 is 2.28 bits per heavy atom. The summed E-state index contributed by atoms with van der Waals surface area (Å²) in [4.78, 5) is 28.5. The van der Waals surface area contributed by atoms with E-state index < -0.39 is 29.7 Å². The Hall–Kier alpha value is -2.42. The number of anilines is 1. The molecule has 0 saturated heterocycles. The van der Waals surface area contributed by atoms with Crippen molar-refractivity contribution in [2.24, 2.45) is 0 Å². The maximum absolute atomic E-state index is 12.5. The van der Waals surface area contributed by atoms with E-state index in [2.05, 4.69) is 10.3 Å². The van der Waals surface area contributed by atoms with Gasteiger partial charge < -0.3 is 10.1 Å². The van der Waals surface area contributed by atoms with Crippen molar-refractivity contribution in [1.29, 1.82) is 0 Å². The van der Waals surface area contributed by atoms with Gasteiger partial charge in [-0.2, -0.15) is 13.2 Å². The number of thiazole rings is 1. The summed E-state index contributed by atoms with van der Waals surface area (Å²) < 4.78 is 42.6. The number of amides is 1. The molecule has 2 aromatic rings. The Morgan fingerprint density at radius 1 is 1.20 bits per heavy atom. The molecule has 1 atom stereocenters. The fraction of sp³-hybridized carbons (Fsp3) is 0.312. The molecule has 1 heterocycles. The standard InChI is InChI=1S/C16H15F3N2O3S/c1-8-13(25-10(3)20-8)15(23)24-9(2)14(22)21-12-6-4-11(5-7-12)16(17,18)19/h4-7,9H,1-3H3,(H,21,22)/t9-/m1/s1. The molecule has 1 aromatic carbocycles. The van der Waals surface area contributed by atoms with Crippen molar-refractivity contribution in [3.63, 3.8) is 0 Å². The lowest BCUT2D eigenvalue weighted by molar-refractivity contribution is -0.137. The van der Waals surface area contributed by atoms with E-state index in [1.54, 1.807) is 13.8 Å². The van der Waals surface area contributed by atoms with Crippen molar-refractivity contribution < 1.29 is 27.5 Å². The quantitative estimate of drug-likeness (QED) is 0.825. The third-order valence-electron chi connectivity index (χ3n) is 3.22. The summed E-state index contributed by atoms with van der Waals surface area (Å²) in [6.45, 7) is 4.78. The number of ether oxygens (including phenoxy) is 1. The minimum Gasteiger partial charge on any atom is -0.448 e. The monoisotopic (exact) mass is 372 g/mol. The first-order valence-electron chi connectivity index (χ1n) is 7.21. The number of benzene rings is 1. The third-order valence-corrected chi connectivity index (χ3v) is 4.27. The van der Waals surface area contributed by atoms with Crippen LogP contribution in [0.5, 0.6) is 0 Å². The van der Waals surface area contributed by atoms with E-state index in [1.165, 1.54) is 6.92 Å². The van der Waals surface area contributed by atoms with Crippen LogP contribution in [0.2, 0.25) is 0 Å². The number of carbonyl (C=O) groups is 2. The summed E-state index contributed by atoms with van der Waals surface area (Å²) in [7, 11) is 0. The van der Waals surface area contributed by atoms with Crippen LogP contribution < -0.4 is 5.32 Å². The van der Waals surface area contributed by atoms with E-state index in [9.17, 15) is 22.8 Å². The topological polar surface area (TPSA) is 68.3 Å². The second kappa shape index (κ2) is 7.22. The van der Waals surface area contributed by atoms with Crippen molar-refractivity contribution in [3.8, 4) is 0 Å². The van der Waals surface area contributed by atoms with Crippen LogP contribution in [0.15, 0.2) is 24.3 Å². The minimum absolute atomic E-state index is 0.172. The lowest BCUT2D eigenvalue weighted by atomic mass is 10.2. The zero-order valence-electron chi connectivity index (χ0n) is 13.6. The average molecular weight is 372 g/mol. The minimum atomic E-state index is -4.45. The summed E-state index contributed by atoms with van der Waals surface area (Å²) in [5.41, 5.74) is -0.130. The predicted octanol–water partition coefficient (Wildman–Crippen LogP) is 3.96. The average Bonchev–Trinajstić information content (AvgIpc) is 2.85. The van der Waals surface area contributed by atoms with Crippen molar-refractivity contribution >= 4 is 28.9 Å². The van der Waals surface area contributed by atoms with Gasteiger partial charge in [-0.05, 0) is 45.0 Å². The van der Waals surface area contributed by atoms with Crippen LogP contribution in [0, 0.1) is 13.8 Å². The molecule has 0 bridgehead atoms. The first-order valence-corrected chi connectivity index (χ1v) is 8.02. The van der Waals surface area contributed by atoms with E-state index in [1.807, 2.05) is 0 Å². The molecule has 1 aromatic heterocycles. The lowest BCUT2D eigenvalue weighted by Crippen LogP contribution is -2.30. The number of esters is 1. The fourth-order valence-electron chi connectivity index (χ4n) is 1.97. The number of nitrogens with one attached hydrogen (secondary N) is 1. The molecule has 134 valence electrons. The lowest BCUT2D eigenvalue weighted by Gasteiger charge is -2.14. The summed E-state index contributed by atoms with van der Waals surface area (Å²) in [6, 6.07) is 3.98. The van der Waals surface area contributed by atoms with Gasteiger partial charge in [-0.3, -0.25) is 4.79 Å². The van der Waals surface area contributed by atoms with Gasteiger partial charge in [-0.1, -0.05) is 0 Å². The maximum Gasteiger partial charge on any atom is 0.416 e. The molecular weight excluding hydrogens is 357 g/mol. The molecule has 0 fully saturated rings. The molecule has 0 aliphatic rings. The SMILES string of the molecule is Cc1nc(C)c(C(=O)O[C@H](C)C(=O)Nc2ccc(C(F)(F)F)cc2)s1. The van der Waals surface area contributed by atoms with Crippen molar-refractivity contribution in [1.82, 2.24) is 4.98 Å². The molecule has 5 nitrogen and oxygen atoms in total. The molecule has 0 unspecified atom stereocenters. The smallest absolute Gasteiger partial charge is 0.416 e. The van der Waals surface area contributed by atoms with Gasteiger partial charge in [0.05, 0.1) is 16.3 Å². The summed E-state index contributed by atoms with van der Waals surface area (Å²) >= 11 is 1.16. The molecule has 2 rings (SSSR count). The van der Waals surface area contributed by atoms with Crippen molar-refractivity contribution in [3.05, 3.63) is 45.4 Å². The zero-order chi connectivity index (χ0) is 18.8. The van der Waals surface area contributed by atoms with E-state index in [0.717, 1.165) is 35.6 Å². The van der Waals surface area contributed by atoms with E-state index in [0.29, 0.717) is 15.6 Å². The van der Waals surface area contributed by atoms with Gasteiger partial charge in [0.2, 0.25) is 0 Å². The van der Waals surface area contributed by atoms with Crippen LogP contribution in [0.4, 0.5) is 18.9 Å². The van der Waals surface area contributed by atoms with Gasteiger partial charge in [0.1, 0.15) is 4.88 Å². The van der Waals surface area contributed by atoms with Gasteiger partial charge >= 0.3 is 12.1 Å². The molecule has 0 spiro atoms. The first kappa shape index (κ1) is 18.9. The van der Waals surface area contributed by atoms with Crippen LogP contribution in [0.25, 0.3) is 0 Å². The fourth-order valence-corrected chi connectivity index (χ4v) is 2.78. The number of aryl methyl sites for hydroxylation is 2. The van der Waals surface area contributed by atoms with Gasteiger partial charge in [0.15, 0.2) is 6.10 Å². The Labute approximate surface area is 145 Å². The Bertz CT molecular complexity index is 785. The first-order chi connectivity index (χ1) is 11.6. The van der Waals surface area contributed by atoms with Gasteiger partial charge in [0.25, 0.3) is 5.91 Å². The van der Waals surface area contributed by atoms with Gasteiger partial charge in [0, 0.05) is 5.69 Å². The van der Waals surface area contributed by atoms with Crippen molar-refractivity contribution in [2.45, 2.75) is 33.1 Å². The largest absolute Gasteiger partial charge is 0.448 e. The van der Waals surface area contributed by atoms with Crippen LogP contribution in [0.1, 0.15) is 32.9 Å². The second-order valence-electron chi connectivity index (χ2n) is 5.26. The number of halogens is 3. The molecule has 0 aliphatic heterocycles. The number of hydrogen-bond acceptors (Lipinski definition) is 5. The zero-order valence-corrected chi connectivity index (χ0v) is 14.4. The highest BCUT2D eigenvalue weighted by Crippen LogP contribution is 2.29. The maximum atomic E-state index is 12.5. The van der Waals surface area contributed by atoms with Gasteiger partial charge in [-0.15, -0.1) is 11.3 Å². The van der Waals surface area contributed by atoms with Crippen LogP contribution in [-0.4, -0.2) is 23.0 Å². The molecule has 1 amide bonds. The Morgan fingerprint density at radius 2 is 1.80 bits per heavy atom. The highest BCUT2D eigenvalue weighted by Gasteiger charge is 2.30. The van der Waals surface area contributed by atoms with Crippen LogP contribution >= 0.6 is 11.3 Å². The molecule has 25 heavy (non-hydrogen) atoms. The number of rotatable bonds is 4. The normalized spacial score (nSPS) is 12.6. The van der Waals surface area contributed by atoms with Gasteiger partial charge in [-0.25, -0.2) is 9.78 Å². The molecule has 1 N–H and O–H groups in total. The predicted molar refractivity (Wildman–Crippen MR) is 86.5 cm³/mol. The van der Waals surface area contributed by atoms with Crippen molar-refractivity contribution in [2.75, 3.05) is 5.32 Å². The van der Waals surface area contributed by atoms with E-state index in [-0.39, 0.29) is 5.69 Å². The third kappa shape index (κ3) is 4.79. The number of hydrogen-bond donors (Lipinski definition) is 1. The number of carbonyl (C=O) groups excluding carboxylic acids is 2.